The number of benzene rings is 1. The quantitative estimate of drug-likeness (QED) is 0.743. The minimum absolute atomic E-state index is 0.363. The van der Waals surface area contributed by atoms with Crippen LogP contribution < -0.4 is 0 Å². The molecule has 1 aliphatic heterocycles. The Bertz CT molecular complexity index is 820. The number of esters is 2. The van der Waals surface area contributed by atoms with Crippen molar-refractivity contribution in [1.82, 2.24) is 4.90 Å². The number of rotatable bonds is 4. The summed E-state index contributed by atoms with van der Waals surface area (Å²) in [5.41, 5.74) is 4.13. The molecule has 3 rings (SSSR count). The van der Waals surface area contributed by atoms with Crippen LogP contribution in [0.15, 0.2) is 47.2 Å². The highest BCUT2D eigenvalue weighted by Gasteiger charge is 2.44. The Morgan fingerprint density at radius 1 is 1.11 bits per heavy atom. The van der Waals surface area contributed by atoms with Crippen molar-refractivity contribution >= 4 is 11.9 Å². The van der Waals surface area contributed by atoms with Crippen LogP contribution in [-0.2, 0) is 23.8 Å². The lowest BCUT2D eigenvalue weighted by Gasteiger charge is -2.40. The predicted molar refractivity (Wildman–Crippen MR) is 105 cm³/mol. The summed E-state index contributed by atoms with van der Waals surface area (Å²) in [4.78, 5) is 27.8. The summed E-state index contributed by atoms with van der Waals surface area (Å²) in [6, 6.07) is 7.90. The zero-order valence-corrected chi connectivity index (χ0v) is 16.9. The van der Waals surface area contributed by atoms with E-state index in [0.717, 1.165) is 22.4 Å². The Labute approximate surface area is 165 Å². The summed E-state index contributed by atoms with van der Waals surface area (Å²) < 4.78 is 15.7. The summed E-state index contributed by atoms with van der Waals surface area (Å²) in [6.07, 6.45) is 1.92. The summed E-state index contributed by atoms with van der Waals surface area (Å²) >= 11 is 0. The van der Waals surface area contributed by atoms with Gasteiger partial charge >= 0.3 is 11.9 Å². The monoisotopic (exact) mass is 385 g/mol. The molecule has 28 heavy (non-hydrogen) atoms. The van der Waals surface area contributed by atoms with Crippen molar-refractivity contribution < 1.29 is 23.8 Å². The summed E-state index contributed by atoms with van der Waals surface area (Å²) in [5, 5.41) is 0. The van der Waals surface area contributed by atoms with E-state index < -0.39 is 17.8 Å². The highest BCUT2D eigenvalue weighted by Crippen LogP contribution is 2.44. The highest BCUT2D eigenvalue weighted by atomic mass is 16.5. The van der Waals surface area contributed by atoms with Gasteiger partial charge < -0.3 is 19.1 Å². The standard InChI is InChI=1S/C22H27NO5/c1-14-6-5-7-16(12-14)19-18(21(24)26-3)15(2)13-17(20(19)22(25)27-4)23-8-10-28-11-9-23/h5-7,12-13,19-20H,8-11H2,1-4H3. The van der Waals surface area contributed by atoms with Crippen LogP contribution in [0.5, 0.6) is 0 Å². The number of hydrogen-bond acceptors (Lipinski definition) is 6. The van der Waals surface area contributed by atoms with Gasteiger partial charge in [-0.25, -0.2) is 4.79 Å². The van der Waals surface area contributed by atoms with Crippen LogP contribution in [0.3, 0.4) is 0 Å². The molecule has 1 aromatic carbocycles. The molecular formula is C22H27NO5. The SMILES string of the molecule is COC(=O)C1=C(C)C=C(N2CCOCC2)C(C(=O)OC)C1c1cccc(C)c1. The number of hydrogen-bond donors (Lipinski definition) is 0. The fourth-order valence-corrected chi connectivity index (χ4v) is 4.09. The van der Waals surface area contributed by atoms with Gasteiger partial charge in [0, 0.05) is 30.3 Å². The molecule has 1 aromatic rings. The van der Waals surface area contributed by atoms with Gasteiger partial charge in [0.1, 0.15) is 5.92 Å². The maximum absolute atomic E-state index is 13.0. The van der Waals surface area contributed by atoms with Crippen molar-refractivity contribution in [1.29, 1.82) is 0 Å². The third kappa shape index (κ3) is 3.83. The van der Waals surface area contributed by atoms with Gasteiger partial charge in [-0.2, -0.15) is 0 Å². The molecule has 6 nitrogen and oxygen atoms in total. The van der Waals surface area contributed by atoms with Gasteiger partial charge in [0.05, 0.1) is 27.4 Å². The van der Waals surface area contributed by atoms with Crippen molar-refractivity contribution in [2.45, 2.75) is 19.8 Å². The van der Waals surface area contributed by atoms with E-state index >= 15 is 0 Å². The van der Waals surface area contributed by atoms with E-state index in [1.807, 2.05) is 44.2 Å². The second kappa shape index (κ2) is 8.61. The number of methoxy groups -OCH3 is 2. The molecule has 2 aliphatic rings. The molecule has 0 spiro atoms. The first-order valence-corrected chi connectivity index (χ1v) is 9.45. The van der Waals surface area contributed by atoms with Crippen LogP contribution in [0.1, 0.15) is 24.0 Å². The molecule has 1 heterocycles. The number of carbonyl (C=O) groups excluding carboxylic acids is 2. The molecule has 0 aromatic heterocycles. The number of allylic oxidation sites excluding steroid dienone is 2. The van der Waals surface area contributed by atoms with E-state index in [4.69, 9.17) is 14.2 Å². The lowest BCUT2D eigenvalue weighted by Crippen LogP contribution is -2.43. The number of morpholine rings is 1. The van der Waals surface area contributed by atoms with E-state index in [-0.39, 0.29) is 5.97 Å². The third-order valence-corrected chi connectivity index (χ3v) is 5.39. The molecular weight excluding hydrogens is 358 g/mol. The molecule has 6 heteroatoms. The third-order valence-electron chi connectivity index (χ3n) is 5.39. The van der Waals surface area contributed by atoms with Crippen molar-refractivity contribution in [2.75, 3.05) is 40.5 Å². The predicted octanol–water partition coefficient (Wildman–Crippen LogP) is 2.59. The van der Waals surface area contributed by atoms with E-state index in [2.05, 4.69) is 4.90 Å². The van der Waals surface area contributed by atoms with E-state index in [0.29, 0.717) is 31.9 Å². The van der Waals surface area contributed by atoms with Gasteiger partial charge in [0.15, 0.2) is 0 Å². The van der Waals surface area contributed by atoms with Gasteiger partial charge in [-0.3, -0.25) is 4.79 Å². The molecule has 0 amide bonds. The Hall–Kier alpha value is -2.60. The van der Waals surface area contributed by atoms with Gasteiger partial charge in [0.2, 0.25) is 0 Å². The fourth-order valence-electron chi connectivity index (χ4n) is 4.09. The van der Waals surface area contributed by atoms with Crippen LogP contribution in [-0.4, -0.2) is 57.4 Å². The molecule has 150 valence electrons. The Balaban J connectivity index is 2.19. The summed E-state index contributed by atoms with van der Waals surface area (Å²) in [5.74, 6) is -1.88. The van der Waals surface area contributed by atoms with Gasteiger partial charge in [-0.05, 0) is 31.1 Å². The van der Waals surface area contributed by atoms with Crippen LogP contribution in [0.4, 0.5) is 0 Å². The minimum atomic E-state index is -0.623. The van der Waals surface area contributed by atoms with E-state index in [1.165, 1.54) is 14.2 Å². The largest absolute Gasteiger partial charge is 0.468 e. The number of nitrogens with zero attached hydrogens (tertiary/aromatic N) is 1. The summed E-state index contributed by atoms with van der Waals surface area (Å²) in [6.45, 7) is 6.48. The lowest BCUT2D eigenvalue weighted by molar-refractivity contribution is -0.145. The van der Waals surface area contributed by atoms with Crippen LogP contribution >= 0.6 is 0 Å². The van der Waals surface area contributed by atoms with E-state index in [9.17, 15) is 9.59 Å². The van der Waals surface area contributed by atoms with Gasteiger partial charge in [-0.1, -0.05) is 29.8 Å². The molecule has 1 aliphatic carbocycles. The van der Waals surface area contributed by atoms with Gasteiger partial charge in [-0.15, -0.1) is 0 Å². The van der Waals surface area contributed by atoms with Crippen molar-refractivity contribution in [3.8, 4) is 0 Å². The topological polar surface area (TPSA) is 65.1 Å². The normalized spacial score (nSPS) is 22.6. The second-order valence-corrected chi connectivity index (χ2v) is 7.15. The van der Waals surface area contributed by atoms with Crippen LogP contribution in [0, 0.1) is 12.8 Å². The first-order valence-electron chi connectivity index (χ1n) is 9.45. The van der Waals surface area contributed by atoms with Crippen molar-refractivity contribution in [3.63, 3.8) is 0 Å². The Morgan fingerprint density at radius 2 is 1.82 bits per heavy atom. The zero-order valence-electron chi connectivity index (χ0n) is 16.9. The average Bonchev–Trinajstić information content (AvgIpc) is 2.72. The maximum Gasteiger partial charge on any atom is 0.334 e. The van der Waals surface area contributed by atoms with Crippen LogP contribution in [0.2, 0.25) is 0 Å². The maximum atomic E-state index is 13.0. The number of aryl methyl sites for hydroxylation is 1. The molecule has 1 fully saturated rings. The fraction of sp³-hybridized carbons (Fsp3) is 0.455. The first-order chi connectivity index (χ1) is 13.5. The molecule has 2 atom stereocenters. The number of carbonyl (C=O) groups is 2. The number of ether oxygens (including phenoxy) is 3. The molecule has 1 saturated heterocycles. The second-order valence-electron chi connectivity index (χ2n) is 7.15. The lowest BCUT2D eigenvalue weighted by atomic mass is 9.72. The molecule has 0 bridgehead atoms. The van der Waals surface area contributed by atoms with Gasteiger partial charge in [0.25, 0.3) is 0 Å². The molecule has 0 N–H and O–H groups in total. The first kappa shape index (κ1) is 20.1. The minimum Gasteiger partial charge on any atom is -0.468 e. The summed E-state index contributed by atoms with van der Waals surface area (Å²) in [7, 11) is 2.75. The Morgan fingerprint density at radius 3 is 2.43 bits per heavy atom. The van der Waals surface area contributed by atoms with Crippen molar-refractivity contribution in [3.05, 3.63) is 58.3 Å². The average molecular weight is 385 g/mol. The Kier molecular flexibility index (Phi) is 6.19. The molecule has 0 radical (unpaired) electrons. The zero-order chi connectivity index (χ0) is 20.3. The van der Waals surface area contributed by atoms with Crippen molar-refractivity contribution in [2.24, 2.45) is 5.92 Å². The molecule has 0 saturated carbocycles. The smallest absolute Gasteiger partial charge is 0.334 e. The van der Waals surface area contributed by atoms with Crippen LogP contribution in [0.25, 0.3) is 0 Å². The molecule has 2 unspecified atom stereocenters. The van der Waals surface area contributed by atoms with E-state index in [1.54, 1.807) is 0 Å². The highest BCUT2D eigenvalue weighted by molar-refractivity contribution is 5.94.